The van der Waals surface area contributed by atoms with Gasteiger partial charge in [-0.05, 0) is 0 Å². The molecule has 4 aromatic carbocycles. The molecule has 0 saturated heterocycles. The van der Waals surface area contributed by atoms with Crippen LogP contribution in [0.3, 0.4) is 0 Å². The molecule has 0 N–H and O–H groups in total. The van der Waals surface area contributed by atoms with Gasteiger partial charge in [0.05, 0.1) is 0 Å². The van der Waals surface area contributed by atoms with Crippen LogP contribution in [0.4, 0.5) is 0 Å². The summed E-state index contributed by atoms with van der Waals surface area (Å²) >= 11 is 8.03. The molecule has 0 fully saturated rings. The summed E-state index contributed by atoms with van der Waals surface area (Å²) in [5, 5.41) is 34.9. The van der Waals surface area contributed by atoms with Crippen molar-refractivity contribution >= 4 is 179 Å². The van der Waals surface area contributed by atoms with E-state index in [0.29, 0.717) is 179 Å². The molecule has 0 amide bonds. The van der Waals surface area contributed by atoms with Gasteiger partial charge in [-0.3, -0.25) is 0 Å². The van der Waals surface area contributed by atoms with Crippen molar-refractivity contribution in [1.82, 2.24) is 0 Å². The van der Waals surface area contributed by atoms with Crippen LogP contribution in [0.25, 0.3) is 0 Å². The van der Waals surface area contributed by atoms with Crippen LogP contribution in [0.2, 0.25) is 0 Å². The first-order valence-corrected chi connectivity index (χ1v) is 50.5. The third-order valence-corrected chi connectivity index (χ3v) is 39.5. The SMILES string of the molecule is C1[Se]Cc2c3c4c5c6c2C[Se]Cc2c1c(c1c7c2C[Se]Cc2c(c(c8c9c2C[Se]Cc2c(c(c(c(c2C[Se]C6)C[Se]C5)C[Se]C4)C[Se]C8)C[Se]C9)C[Se]C1)C[Se]C7)C[Se]C3. The van der Waals surface area contributed by atoms with Gasteiger partial charge in [0.1, 0.15) is 0 Å². The van der Waals surface area contributed by atoms with Crippen molar-refractivity contribution in [3.8, 4) is 0 Å². The van der Waals surface area contributed by atoms with Gasteiger partial charge in [0.15, 0.2) is 0 Å². The zero-order valence-corrected chi connectivity index (χ0v) is 54.4. The predicted molar refractivity (Wildman–Crippen MR) is 264 cm³/mol. The van der Waals surface area contributed by atoms with Crippen LogP contribution < -0.4 is 0 Å². The van der Waals surface area contributed by atoms with E-state index in [0.717, 1.165) is 0 Å². The van der Waals surface area contributed by atoms with Crippen LogP contribution in [0, 0.1) is 0 Å². The molecule has 8 aliphatic heterocycles. The minimum absolute atomic E-state index is 0.666. The van der Waals surface area contributed by atoms with Gasteiger partial charge in [0.2, 0.25) is 0 Å². The Labute approximate surface area is 434 Å². The van der Waals surface area contributed by atoms with Crippen molar-refractivity contribution < 1.29 is 0 Å². The van der Waals surface area contributed by atoms with E-state index >= 15 is 0 Å². The van der Waals surface area contributed by atoms with Crippen LogP contribution >= 0.6 is 0 Å². The molecule has 60 heavy (non-hydrogen) atoms. The van der Waals surface area contributed by atoms with Crippen molar-refractivity contribution in [2.24, 2.45) is 0 Å². The molecule has 8 bridgehead atoms. The molecule has 8 heterocycles. The molecule has 0 unspecified atom stereocenters. The zero-order valence-electron chi connectivity index (χ0n) is 33.9. The van der Waals surface area contributed by atoms with Gasteiger partial charge in [-0.25, -0.2) is 0 Å². The summed E-state index contributed by atoms with van der Waals surface area (Å²) in [6.45, 7) is 0. The molecule has 4 aromatic rings. The first-order valence-electron chi connectivity index (χ1n) is 21.4. The summed E-state index contributed by atoms with van der Waals surface area (Å²) in [5.41, 5.74) is 48.1. The van der Waals surface area contributed by atoms with Gasteiger partial charge in [-0.2, -0.15) is 0 Å². The molecule has 12 rings (SSSR count). The molecule has 0 radical (unpaired) electrons. The second-order valence-electron chi connectivity index (χ2n) is 17.4. The molecule has 0 nitrogen and oxygen atoms in total. The molecule has 12 heteroatoms. The Hall–Kier alpha value is 3.11. The Bertz CT molecular complexity index is 1850. The molecule has 0 aromatic heterocycles. The standard InChI is InChI=1S/C48H48Se12/c1-25-26-3-50-7-32-34-12-55-14-37-35-10-52-5-29-27(2-49-1)43-19-57-17-41(25)28-4-51-8-31(43)33-9-54-13-39(47(35)22-59-20-44(29)33)40-16-56-15-38(46(34)23-60-24-48(37)40)36-11-53-6-30(28)42(26)18-58-21-45(32)36/h1-24H2. The maximum absolute atomic E-state index is 2.00. The summed E-state index contributed by atoms with van der Waals surface area (Å²) in [4.78, 5) is 0. The van der Waals surface area contributed by atoms with Crippen LogP contribution in [0.1, 0.15) is 134 Å². The van der Waals surface area contributed by atoms with E-state index in [-0.39, 0.29) is 0 Å². The van der Waals surface area contributed by atoms with Gasteiger partial charge >= 0.3 is 441 Å². The minimum atomic E-state index is 0.666. The second-order valence-corrected chi connectivity index (χ2v) is 42.2. The summed E-state index contributed by atoms with van der Waals surface area (Å²) in [6.07, 6.45) is 0. The Morgan fingerprint density at radius 2 is 0.150 bits per heavy atom. The second kappa shape index (κ2) is 18.8. The van der Waals surface area contributed by atoms with Crippen molar-refractivity contribution in [3.05, 3.63) is 134 Å². The van der Waals surface area contributed by atoms with E-state index in [1.807, 2.05) is 134 Å². The summed E-state index contributed by atoms with van der Waals surface area (Å²) in [7, 11) is 0. The number of fused-ring (bicyclic) bond motifs is 16. The molecule has 0 atom stereocenters. The normalized spacial score (nSPS) is 21.6. The fourth-order valence-electron chi connectivity index (χ4n) is 11.6. The van der Waals surface area contributed by atoms with Crippen molar-refractivity contribution in [2.75, 3.05) is 0 Å². The van der Waals surface area contributed by atoms with E-state index in [2.05, 4.69) is 0 Å². The molecule has 0 saturated carbocycles. The Morgan fingerprint density at radius 3 is 0.200 bits per heavy atom. The van der Waals surface area contributed by atoms with Gasteiger partial charge in [-0.15, -0.1) is 0 Å². The molecule has 312 valence electrons. The Balaban J connectivity index is 1.13. The summed E-state index contributed by atoms with van der Waals surface area (Å²) < 4.78 is 0. The van der Waals surface area contributed by atoms with Crippen molar-refractivity contribution in [2.45, 2.75) is 128 Å². The predicted octanol–water partition coefficient (Wildman–Crippen LogP) is 3.36. The maximum atomic E-state index is 2.00. The zero-order chi connectivity index (χ0) is 39.3. The molecule has 8 aliphatic rings. The van der Waals surface area contributed by atoms with Gasteiger partial charge in [0.25, 0.3) is 0 Å². The number of hydrogen-bond acceptors (Lipinski definition) is 0. The number of hydrogen-bond donors (Lipinski definition) is 0. The average Bonchev–Trinajstić information content (AvgIpc) is 3.26. The molecule has 0 spiro atoms. The first-order chi connectivity index (χ1) is 29.8. The van der Waals surface area contributed by atoms with Crippen LogP contribution in [0.15, 0.2) is 0 Å². The van der Waals surface area contributed by atoms with Crippen molar-refractivity contribution in [1.29, 1.82) is 0 Å². The monoisotopic (exact) mass is 1580 g/mol. The van der Waals surface area contributed by atoms with Crippen molar-refractivity contribution in [3.63, 3.8) is 0 Å². The van der Waals surface area contributed by atoms with Gasteiger partial charge in [0, 0.05) is 0 Å². The first kappa shape index (κ1) is 43.2. The van der Waals surface area contributed by atoms with E-state index in [9.17, 15) is 0 Å². The molecule has 0 aliphatic carbocycles. The summed E-state index contributed by atoms with van der Waals surface area (Å²) in [6, 6.07) is 0. The summed E-state index contributed by atoms with van der Waals surface area (Å²) in [5.74, 6) is 0. The fraction of sp³-hybridized carbons (Fsp3) is 0.500. The number of rotatable bonds is 0. The van der Waals surface area contributed by atoms with E-state index in [1.165, 1.54) is 128 Å². The third kappa shape index (κ3) is 7.54. The molecular weight excluding hydrogens is 1520 g/mol. The fourth-order valence-corrected chi connectivity index (χ4v) is 42.0. The third-order valence-electron chi connectivity index (χ3n) is 14.7. The van der Waals surface area contributed by atoms with E-state index < -0.39 is 0 Å². The van der Waals surface area contributed by atoms with Crippen LogP contribution in [0.5, 0.6) is 0 Å². The topological polar surface area (TPSA) is 0 Å². The van der Waals surface area contributed by atoms with E-state index in [1.54, 1.807) is 0 Å². The Kier molecular flexibility index (Phi) is 13.5. The Morgan fingerprint density at radius 1 is 0.100 bits per heavy atom. The number of benzene rings is 4. The van der Waals surface area contributed by atoms with E-state index in [4.69, 9.17) is 0 Å². The van der Waals surface area contributed by atoms with Gasteiger partial charge in [-0.1, -0.05) is 0 Å². The van der Waals surface area contributed by atoms with Gasteiger partial charge < -0.3 is 0 Å². The molecular formula is C48H48Se12. The van der Waals surface area contributed by atoms with Crippen LogP contribution in [-0.4, -0.2) is 179 Å². The average molecular weight is 1570 g/mol. The quantitative estimate of drug-likeness (QED) is 0.238. The van der Waals surface area contributed by atoms with Crippen LogP contribution in [-0.2, 0) is 128 Å².